The molecular formula is C27H29ClFN3O. The van der Waals surface area contributed by atoms with Crippen LogP contribution in [0.15, 0.2) is 48.8 Å². The van der Waals surface area contributed by atoms with E-state index >= 15 is 0 Å². The lowest BCUT2D eigenvalue weighted by atomic mass is 9.89. The standard InChI is InChI=1S/C27H29ClFN3O/c28-21-5-8-26(31-16-21)32-27(33)4-2-1-3-17-11-18-13-20(14-19(18)12-17)23-9-10-30-25-7-6-22(29)15-24(23)25/h5-10,15-20H,1-4,11-14H2,(H,31,32,33)/t17-,18+,19-,20-. The number of benzene rings is 1. The molecule has 0 bridgehead atoms. The van der Waals surface area contributed by atoms with Gasteiger partial charge in [0.05, 0.1) is 10.5 Å². The van der Waals surface area contributed by atoms with E-state index in [-0.39, 0.29) is 11.7 Å². The van der Waals surface area contributed by atoms with E-state index in [1.54, 1.807) is 24.3 Å². The average molecular weight is 466 g/mol. The number of halogens is 2. The molecule has 0 spiro atoms. The summed E-state index contributed by atoms with van der Waals surface area (Å²) in [6.45, 7) is 0. The number of unbranched alkanes of at least 4 members (excludes halogenated alkanes) is 1. The summed E-state index contributed by atoms with van der Waals surface area (Å²) in [5.41, 5.74) is 2.16. The number of anilines is 1. The highest BCUT2D eigenvalue weighted by Crippen LogP contribution is 2.54. The van der Waals surface area contributed by atoms with Gasteiger partial charge >= 0.3 is 0 Å². The predicted molar refractivity (Wildman–Crippen MR) is 130 cm³/mol. The number of pyridine rings is 2. The number of carbonyl (C=O) groups is 1. The van der Waals surface area contributed by atoms with Crippen molar-refractivity contribution >= 4 is 34.2 Å². The zero-order chi connectivity index (χ0) is 22.8. The molecule has 2 aliphatic carbocycles. The van der Waals surface area contributed by atoms with Crippen LogP contribution >= 0.6 is 11.6 Å². The normalized spacial score (nSPS) is 24.2. The number of hydrogen-bond acceptors (Lipinski definition) is 3. The van der Waals surface area contributed by atoms with Gasteiger partial charge in [-0.3, -0.25) is 9.78 Å². The molecule has 0 radical (unpaired) electrons. The molecule has 3 aromatic rings. The highest BCUT2D eigenvalue weighted by atomic mass is 35.5. The number of amides is 1. The first kappa shape index (κ1) is 22.3. The molecule has 1 amide bonds. The van der Waals surface area contributed by atoms with Crippen molar-refractivity contribution in [1.29, 1.82) is 0 Å². The summed E-state index contributed by atoms with van der Waals surface area (Å²) in [4.78, 5) is 20.6. The molecule has 4 nitrogen and oxygen atoms in total. The van der Waals surface area contributed by atoms with Gasteiger partial charge in [0.1, 0.15) is 11.6 Å². The summed E-state index contributed by atoms with van der Waals surface area (Å²) < 4.78 is 13.8. The third kappa shape index (κ3) is 5.19. The molecule has 1 aromatic carbocycles. The Morgan fingerprint density at radius 2 is 1.85 bits per heavy atom. The predicted octanol–water partition coefficient (Wildman–Crippen LogP) is 7.14. The van der Waals surface area contributed by atoms with Crippen LogP contribution in [-0.2, 0) is 4.79 Å². The fourth-order valence-electron chi connectivity index (χ4n) is 6.10. The molecule has 0 unspecified atom stereocenters. The zero-order valence-electron chi connectivity index (χ0n) is 18.6. The zero-order valence-corrected chi connectivity index (χ0v) is 19.4. The summed E-state index contributed by atoms with van der Waals surface area (Å²) in [5.74, 6) is 3.21. The van der Waals surface area contributed by atoms with Crippen LogP contribution in [0.25, 0.3) is 10.9 Å². The van der Waals surface area contributed by atoms with Crippen LogP contribution < -0.4 is 5.32 Å². The smallest absolute Gasteiger partial charge is 0.225 e. The van der Waals surface area contributed by atoms with Crippen LogP contribution in [0, 0.1) is 23.6 Å². The minimum Gasteiger partial charge on any atom is -0.311 e. The van der Waals surface area contributed by atoms with Gasteiger partial charge in [0.25, 0.3) is 0 Å². The van der Waals surface area contributed by atoms with E-state index in [4.69, 9.17) is 11.6 Å². The molecule has 1 N–H and O–H groups in total. The van der Waals surface area contributed by atoms with Crippen molar-refractivity contribution in [1.82, 2.24) is 9.97 Å². The maximum atomic E-state index is 13.8. The van der Waals surface area contributed by atoms with Gasteiger partial charge < -0.3 is 5.32 Å². The molecule has 0 aliphatic heterocycles. The van der Waals surface area contributed by atoms with E-state index in [2.05, 4.69) is 21.4 Å². The van der Waals surface area contributed by atoms with Crippen molar-refractivity contribution in [2.75, 3.05) is 5.32 Å². The van der Waals surface area contributed by atoms with Gasteiger partial charge in [-0.2, -0.15) is 0 Å². The third-order valence-corrected chi connectivity index (χ3v) is 7.78. The van der Waals surface area contributed by atoms with E-state index < -0.39 is 0 Å². The minimum atomic E-state index is -0.187. The first-order valence-electron chi connectivity index (χ1n) is 12.0. The largest absolute Gasteiger partial charge is 0.311 e. The van der Waals surface area contributed by atoms with Crippen LogP contribution in [0.4, 0.5) is 10.2 Å². The Morgan fingerprint density at radius 3 is 2.61 bits per heavy atom. The Hall–Kier alpha value is -2.53. The van der Waals surface area contributed by atoms with Crippen LogP contribution in [0.1, 0.15) is 62.8 Å². The van der Waals surface area contributed by atoms with Gasteiger partial charge in [0, 0.05) is 24.2 Å². The van der Waals surface area contributed by atoms with Crippen LogP contribution in [-0.4, -0.2) is 15.9 Å². The second-order valence-corrected chi connectivity index (χ2v) is 10.2. The first-order valence-corrected chi connectivity index (χ1v) is 12.4. The second-order valence-electron chi connectivity index (χ2n) is 9.74. The molecule has 2 aromatic heterocycles. The summed E-state index contributed by atoms with van der Waals surface area (Å²) in [6, 6.07) is 10.5. The van der Waals surface area contributed by atoms with Crippen molar-refractivity contribution in [2.24, 2.45) is 17.8 Å². The summed E-state index contributed by atoms with van der Waals surface area (Å²) in [6.07, 6.45) is 12.1. The second kappa shape index (κ2) is 9.76. The van der Waals surface area contributed by atoms with E-state index in [0.29, 0.717) is 23.2 Å². The highest BCUT2D eigenvalue weighted by molar-refractivity contribution is 6.30. The average Bonchev–Trinajstić information content (AvgIpc) is 3.37. The quantitative estimate of drug-likeness (QED) is 0.377. The Bertz CT molecular complexity index is 1120. The van der Waals surface area contributed by atoms with E-state index in [1.165, 1.54) is 49.9 Å². The van der Waals surface area contributed by atoms with Gasteiger partial charge in [-0.25, -0.2) is 9.37 Å². The van der Waals surface area contributed by atoms with Crippen LogP contribution in [0.5, 0.6) is 0 Å². The maximum Gasteiger partial charge on any atom is 0.225 e. The van der Waals surface area contributed by atoms with Gasteiger partial charge in [0.2, 0.25) is 5.91 Å². The molecule has 0 saturated heterocycles. The molecule has 2 aliphatic rings. The molecule has 33 heavy (non-hydrogen) atoms. The molecule has 172 valence electrons. The summed E-state index contributed by atoms with van der Waals surface area (Å²) >= 11 is 5.82. The SMILES string of the molecule is O=C(CCCC[C@H]1C[C@@H]2C[C@H](c3ccnc4ccc(F)cc34)C[C@@H]2C1)Nc1ccc(Cl)cn1. The molecule has 2 saturated carbocycles. The number of hydrogen-bond donors (Lipinski definition) is 1. The van der Waals surface area contributed by atoms with Crippen molar-refractivity contribution < 1.29 is 9.18 Å². The Morgan fingerprint density at radius 1 is 1.03 bits per heavy atom. The number of nitrogens with zero attached hydrogens (tertiary/aromatic N) is 2. The van der Waals surface area contributed by atoms with Gasteiger partial charge in [0.15, 0.2) is 0 Å². The van der Waals surface area contributed by atoms with Gasteiger partial charge in [-0.05, 0) is 97.7 Å². The van der Waals surface area contributed by atoms with Crippen molar-refractivity contribution in [3.63, 3.8) is 0 Å². The molecular weight excluding hydrogens is 437 g/mol. The Labute approximate surface area is 199 Å². The third-order valence-electron chi connectivity index (χ3n) is 7.55. The van der Waals surface area contributed by atoms with Crippen molar-refractivity contribution in [3.05, 3.63) is 65.2 Å². The van der Waals surface area contributed by atoms with Gasteiger partial charge in [-0.15, -0.1) is 0 Å². The van der Waals surface area contributed by atoms with E-state index in [0.717, 1.165) is 41.5 Å². The highest BCUT2D eigenvalue weighted by Gasteiger charge is 2.42. The summed E-state index contributed by atoms with van der Waals surface area (Å²) in [5, 5.41) is 4.37. The van der Waals surface area contributed by atoms with E-state index in [9.17, 15) is 9.18 Å². The Balaban J connectivity index is 1.07. The maximum absolute atomic E-state index is 13.8. The molecule has 2 fully saturated rings. The molecule has 4 atom stereocenters. The molecule has 2 heterocycles. The van der Waals surface area contributed by atoms with Crippen molar-refractivity contribution in [2.45, 2.75) is 57.3 Å². The fourth-order valence-corrected chi connectivity index (χ4v) is 6.21. The van der Waals surface area contributed by atoms with E-state index in [1.807, 2.05) is 6.20 Å². The Kier molecular flexibility index (Phi) is 6.59. The minimum absolute atomic E-state index is 0.0111. The lowest BCUT2D eigenvalue weighted by molar-refractivity contribution is -0.116. The van der Waals surface area contributed by atoms with Gasteiger partial charge in [-0.1, -0.05) is 24.4 Å². The number of nitrogens with one attached hydrogen (secondary N) is 1. The van der Waals surface area contributed by atoms with Crippen LogP contribution in [0.3, 0.4) is 0 Å². The monoisotopic (exact) mass is 465 g/mol. The number of aromatic nitrogens is 2. The lowest BCUT2D eigenvalue weighted by Gasteiger charge is -2.17. The topological polar surface area (TPSA) is 54.9 Å². The fraction of sp³-hybridized carbons (Fsp3) is 0.444. The molecule has 5 rings (SSSR count). The lowest BCUT2D eigenvalue weighted by Crippen LogP contribution is -2.12. The van der Waals surface area contributed by atoms with Crippen molar-refractivity contribution in [3.8, 4) is 0 Å². The first-order chi connectivity index (χ1) is 16.0. The molecule has 6 heteroatoms. The van der Waals surface area contributed by atoms with Crippen LogP contribution in [0.2, 0.25) is 5.02 Å². The number of carbonyl (C=O) groups excluding carboxylic acids is 1. The summed E-state index contributed by atoms with van der Waals surface area (Å²) in [7, 11) is 0. The number of fused-ring (bicyclic) bond motifs is 2. The number of rotatable bonds is 7.